The van der Waals surface area contributed by atoms with Crippen LogP contribution >= 0.6 is 0 Å². The highest BCUT2D eigenvalue weighted by Crippen LogP contribution is 2.24. The molecule has 1 saturated heterocycles. The van der Waals surface area contributed by atoms with Crippen molar-refractivity contribution in [1.29, 1.82) is 0 Å². The van der Waals surface area contributed by atoms with Crippen LogP contribution in [0.15, 0.2) is 24.3 Å². The fourth-order valence-corrected chi connectivity index (χ4v) is 3.15. The van der Waals surface area contributed by atoms with Crippen molar-refractivity contribution in [2.75, 3.05) is 24.1 Å². The smallest absolute Gasteiger partial charge is 0.224 e. The monoisotopic (exact) mass is 289 g/mol. The van der Waals surface area contributed by atoms with Crippen LogP contribution in [-0.2, 0) is 4.79 Å². The molecule has 1 aromatic rings. The SMILES string of the molecule is CC(C)C1CCCN1CCCC(=O)Nc1ccccc1N. The lowest BCUT2D eigenvalue weighted by Gasteiger charge is -2.27. The van der Waals surface area contributed by atoms with E-state index in [4.69, 9.17) is 5.73 Å². The number of carbonyl (C=O) groups excluding carboxylic acids is 1. The molecule has 0 bridgehead atoms. The molecule has 3 N–H and O–H groups in total. The Kier molecular flexibility index (Phi) is 5.62. The maximum atomic E-state index is 12.0. The number of nitrogens with two attached hydrogens (primary N) is 1. The summed E-state index contributed by atoms with van der Waals surface area (Å²) in [5.74, 6) is 0.749. The number of nitrogens with zero attached hydrogens (tertiary/aromatic N) is 1. The summed E-state index contributed by atoms with van der Waals surface area (Å²) in [7, 11) is 0. The molecule has 1 amide bonds. The summed E-state index contributed by atoms with van der Waals surface area (Å²) in [4.78, 5) is 14.5. The number of amides is 1. The Balaban J connectivity index is 1.73. The Labute approximate surface area is 127 Å². The third kappa shape index (κ3) is 4.46. The molecule has 2 rings (SSSR count). The highest BCUT2D eigenvalue weighted by molar-refractivity contribution is 5.93. The molecule has 21 heavy (non-hydrogen) atoms. The minimum atomic E-state index is 0.0493. The molecule has 116 valence electrons. The van der Waals surface area contributed by atoms with Crippen LogP contribution in [0.25, 0.3) is 0 Å². The zero-order chi connectivity index (χ0) is 15.2. The van der Waals surface area contributed by atoms with Crippen molar-refractivity contribution >= 4 is 17.3 Å². The van der Waals surface area contributed by atoms with Gasteiger partial charge in [0.1, 0.15) is 0 Å². The second-order valence-electron chi connectivity index (χ2n) is 6.23. The van der Waals surface area contributed by atoms with Crippen molar-refractivity contribution in [3.8, 4) is 0 Å². The zero-order valence-electron chi connectivity index (χ0n) is 13.1. The van der Waals surface area contributed by atoms with Crippen molar-refractivity contribution in [2.45, 2.75) is 45.6 Å². The Hall–Kier alpha value is -1.55. The zero-order valence-corrected chi connectivity index (χ0v) is 13.1. The van der Waals surface area contributed by atoms with Gasteiger partial charge in [-0.15, -0.1) is 0 Å². The minimum Gasteiger partial charge on any atom is -0.397 e. The first-order chi connectivity index (χ1) is 10.1. The number of nitrogen functional groups attached to an aromatic ring is 1. The summed E-state index contributed by atoms with van der Waals surface area (Å²) in [6.45, 7) is 6.76. The molecule has 1 atom stereocenters. The number of likely N-dealkylation sites (tertiary alicyclic amines) is 1. The van der Waals surface area contributed by atoms with Crippen molar-refractivity contribution in [1.82, 2.24) is 4.90 Å². The third-order valence-corrected chi connectivity index (χ3v) is 4.27. The number of rotatable bonds is 6. The average molecular weight is 289 g/mol. The van der Waals surface area contributed by atoms with Crippen LogP contribution in [0.1, 0.15) is 39.5 Å². The standard InChI is InChI=1S/C17H27N3O/c1-13(2)16-9-5-11-20(16)12-6-10-17(21)19-15-8-4-3-7-14(15)18/h3-4,7-8,13,16H,5-6,9-12,18H2,1-2H3,(H,19,21). The minimum absolute atomic E-state index is 0.0493. The number of hydrogen-bond donors (Lipinski definition) is 2. The van der Waals surface area contributed by atoms with Gasteiger partial charge in [-0.1, -0.05) is 26.0 Å². The van der Waals surface area contributed by atoms with Crippen LogP contribution in [0.3, 0.4) is 0 Å². The molecule has 0 saturated carbocycles. The first-order valence-electron chi connectivity index (χ1n) is 7.96. The van der Waals surface area contributed by atoms with Gasteiger partial charge in [-0.2, -0.15) is 0 Å². The molecular formula is C17H27N3O. The van der Waals surface area contributed by atoms with Crippen LogP contribution < -0.4 is 11.1 Å². The Morgan fingerprint density at radius 3 is 2.90 bits per heavy atom. The maximum absolute atomic E-state index is 12.0. The predicted molar refractivity (Wildman–Crippen MR) is 88.2 cm³/mol. The fraction of sp³-hybridized carbons (Fsp3) is 0.588. The second-order valence-corrected chi connectivity index (χ2v) is 6.23. The summed E-state index contributed by atoms with van der Waals surface area (Å²) in [6.07, 6.45) is 4.04. The number of anilines is 2. The molecule has 0 spiro atoms. The summed E-state index contributed by atoms with van der Waals surface area (Å²) in [5.41, 5.74) is 7.15. The summed E-state index contributed by atoms with van der Waals surface area (Å²) >= 11 is 0. The van der Waals surface area contributed by atoms with Gasteiger partial charge in [-0.05, 0) is 50.4 Å². The molecule has 1 heterocycles. The molecular weight excluding hydrogens is 262 g/mol. The van der Waals surface area contributed by atoms with Crippen LogP contribution in [0, 0.1) is 5.92 Å². The van der Waals surface area contributed by atoms with E-state index in [9.17, 15) is 4.79 Å². The number of nitrogens with one attached hydrogen (secondary N) is 1. The van der Waals surface area contributed by atoms with Crippen molar-refractivity contribution in [3.63, 3.8) is 0 Å². The van der Waals surface area contributed by atoms with Gasteiger partial charge < -0.3 is 16.0 Å². The summed E-state index contributed by atoms with van der Waals surface area (Å²) in [5, 5.41) is 2.89. The van der Waals surface area contributed by atoms with E-state index in [1.54, 1.807) is 6.07 Å². The molecule has 0 radical (unpaired) electrons. The van der Waals surface area contributed by atoms with Crippen molar-refractivity contribution in [3.05, 3.63) is 24.3 Å². The van der Waals surface area contributed by atoms with E-state index >= 15 is 0 Å². The van der Waals surface area contributed by atoms with Crippen LogP contribution in [-0.4, -0.2) is 29.9 Å². The topological polar surface area (TPSA) is 58.4 Å². The Morgan fingerprint density at radius 1 is 1.43 bits per heavy atom. The largest absolute Gasteiger partial charge is 0.397 e. The molecule has 0 aromatic heterocycles. The summed E-state index contributed by atoms with van der Waals surface area (Å²) in [6, 6.07) is 8.07. The molecule has 1 unspecified atom stereocenters. The van der Waals surface area contributed by atoms with Gasteiger partial charge >= 0.3 is 0 Å². The van der Waals surface area contributed by atoms with E-state index in [0.717, 1.165) is 13.0 Å². The van der Waals surface area contributed by atoms with E-state index in [1.165, 1.54) is 19.4 Å². The molecule has 1 fully saturated rings. The predicted octanol–water partition coefficient (Wildman–Crippen LogP) is 3.11. The first-order valence-corrected chi connectivity index (χ1v) is 7.96. The lowest BCUT2D eigenvalue weighted by Crippen LogP contribution is -2.34. The summed E-state index contributed by atoms with van der Waals surface area (Å²) < 4.78 is 0. The molecule has 4 nitrogen and oxygen atoms in total. The lowest BCUT2D eigenvalue weighted by molar-refractivity contribution is -0.116. The van der Waals surface area contributed by atoms with Gasteiger partial charge in [0.2, 0.25) is 5.91 Å². The quantitative estimate of drug-likeness (QED) is 0.791. The van der Waals surface area contributed by atoms with Gasteiger partial charge in [0.25, 0.3) is 0 Å². The number of benzene rings is 1. The molecule has 1 aromatic carbocycles. The highest BCUT2D eigenvalue weighted by Gasteiger charge is 2.26. The number of hydrogen-bond acceptors (Lipinski definition) is 3. The van der Waals surface area contributed by atoms with Crippen LogP contribution in [0.2, 0.25) is 0 Å². The normalized spacial score (nSPS) is 19.1. The molecule has 1 aliphatic heterocycles. The van der Waals surface area contributed by atoms with Gasteiger partial charge in [0.15, 0.2) is 0 Å². The average Bonchev–Trinajstić information content (AvgIpc) is 2.90. The van der Waals surface area contributed by atoms with E-state index < -0.39 is 0 Å². The van der Waals surface area contributed by atoms with Gasteiger partial charge in [-0.25, -0.2) is 0 Å². The van der Waals surface area contributed by atoms with E-state index in [0.29, 0.717) is 29.8 Å². The van der Waals surface area contributed by atoms with Gasteiger partial charge in [0, 0.05) is 12.5 Å². The van der Waals surface area contributed by atoms with Gasteiger partial charge in [-0.3, -0.25) is 4.79 Å². The molecule has 1 aliphatic rings. The maximum Gasteiger partial charge on any atom is 0.224 e. The fourth-order valence-electron chi connectivity index (χ4n) is 3.15. The van der Waals surface area contributed by atoms with Crippen molar-refractivity contribution < 1.29 is 4.79 Å². The van der Waals surface area contributed by atoms with E-state index in [1.807, 2.05) is 18.2 Å². The van der Waals surface area contributed by atoms with E-state index in [2.05, 4.69) is 24.1 Å². The first kappa shape index (κ1) is 15.8. The van der Waals surface area contributed by atoms with Crippen LogP contribution in [0.5, 0.6) is 0 Å². The second kappa shape index (κ2) is 7.46. The highest BCUT2D eigenvalue weighted by atomic mass is 16.1. The Morgan fingerprint density at radius 2 is 2.19 bits per heavy atom. The van der Waals surface area contributed by atoms with Crippen LogP contribution in [0.4, 0.5) is 11.4 Å². The third-order valence-electron chi connectivity index (χ3n) is 4.27. The number of carbonyl (C=O) groups is 1. The van der Waals surface area contributed by atoms with Gasteiger partial charge in [0.05, 0.1) is 11.4 Å². The lowest BCUT2D eigenvalue weighted by atomic mass is 10.0. The molecule has 0 aliphatic carbocycles. The molecule has 4 heteroatoms. The van der Waals surface area contributed by atoms with Crippen molar-refractivity contribution in [2.24, 2.45) is 5.92 Å². The number of para-hydroxylation sites is 2. The Bertz CT molecular complexity index is 473. The van der Waals surface area contributed by atoms with E-state index in [-0.39, 0.29) is 5.91 Å².